The van der Waals surface area contributed by atoms with Gasteiger partial charge < -0.3 is 14.2 Å². The van der Waals surface area contributed by atoms with Gasteiger partial charge in [0.25, 0.3) is 7.19 Å². The lowest BCUT2D eigenvalue weighted by atomic mass is 10.4. The highest BCUT2D eigenvalue weighted by Crippen LogP contribution is 2.54. The van der Waals surface area contributed by atoms with Gasteiger partial charge >= 0.3 is 0 Å². The first-order chi connectivity index (χ1) is 10.9. The summed E-state index contributed by atoms with van der Waals surface area (Å²) < 4.78 is 63.9. The molecule has 0 saturated carbocycles. The van der Waals surface area contributed by atoms with Crippen LogP contribution in [0.3, 0.4) is 0 Å². The van der Waals surface area contributed by atoms with E-state index in [-0.39, 0.29) is 61.4 Å². The largest absolute Gasteiger partial charge is 0.324 e. The van der Waals surface area contributed by atoms with E-state index < -0.39 is 19.8 Å². The molecule has 0 fully saturated rings. The number of halogens is 6. The van der Waals surface area contributed by atoms with Crippen LogP contribution in [0, 0.1) is 0 Å². The average Bonchev–Trinajstić information content (AvgIpc) is 2.62. The minimum atomic E-state index is -1.91. The lowest BCUT2D eigenvalue weighted by Gasteiger charge is -2.32. The molecule has 0 N–H and O–H groups in total. The second-order valence-electron chi connectivity index (χ2n) is 3.51. The van der Waals surface area contributed by atoms with Crippen LogP contribution in [0.2, 0.25) is 0 Å². The Bertz CT molecular complexity index is 275. The molecule has 0 aliphatic carbocycles. The Hall–Kier alpha value is 2.66. The van der Waals surface area contributed by atoms with E-state index in [0.29, 0.717) is 20.4 Å². The summed E-state index contributed by atoms with van der Waals surface area (Å²) in [6.07, 6.45) is -1.64. The molecule has 0 aliphatic heterocycles. The molecule has 3 nitrogen and oxygen atoms in total. The first-order valence-corrected chi connectivity index (χ1v) is 13.9. The number of hydrogen-bond donors (Lipinski definition) is 0. The highest BCUT2D eigenvalue weighted by Gasteiger charge is 2.42. The van der Waals surface area contributed by atoms with E-state index in [2.05, 4.69) is 29.6 Å². The Morgan fingerprint density at radius 2 is 1.09 bits per heavy atom. The SMILES string of the molecule is CCC(OC(CC)OC(SF)(SF)SBr)OC(SF)(SF)SBr. The molecule has 0 bridgehead atoms. The van der Waals surface area contributed by atoms with Gasteiger partial charge in [0.05, 0.1) is 0 Å². The van der Waals surface area contributed by atoms with Crippen molar-refractivity contribution >= 4 is 98.6 Å². The molecule has 0 rings (SSSR count). The van der Waals surface area contributed by atoms with Gasteiger partial charge in [-0.15, -0.1) is 0 Å². The van der Waals surface area contributed by atoms with Crippen LogP contribution in [-0.4, -0.2) is 19.8 Å². The first kappa shape index (κ1) is 25.7. The second-order valence-corrected chi connectivity index (χ2v) is 11.4. The molecule has 0 aliphatic rings. The Morgan fingerprint density at radius 3 is 1.26 bits per heavy atom. The van der Waals surface area contributed by atoms with Gasteiger partial charge in [-0.1, -0.05) is 13.8 Å². The van der Waals surface area contributed by atoms with Crippen molar-refractivity contribution in [3.63, 3.8) is 0 Å². The van der Waals surface area contributed by atoms with Crippen molar-refractivity contribution in [3.8, 4) is 0 Å². The van der Waals surface area contributed by atoms with Gasteiger partial charge in [0.1, 0.15) is 48.6 Å². The maximum Gasteiger partial charge on any atom is 0.281 e. The molecule has 0 aromatic rings. The lowest BCUT2D eigenvalue weighted by molar-refractivity contribution is -0.247. The van der Waals surface area contributed by atoms with Gasteiger partial charge in [-0.2, -0.15) is 15.5 Å². The molecule has 140 valence electrons. The van der Waals surface area contributed by atoms with E-state index in [1.54, 1.807) is 13.8 Å². The highest BCUT2D eigenvalue weighted by molar-refractivity contribution is 9.51. The lowest BCUT2D eigenvalue weighted by Crippen LogP contribution is -2.34. The summed E-state index contributed by atoms with van der Waals surface area (Å²) in [6.45, 7) is 3.32. The van der Waals surface area contributed by atoms with Crippen LogP contribution in [0.15, 0.2) is 0 Å². The Labute approximate surface area is 173 Å². The summed E-state index contributed by atoms with van der Waals surface area (Å²) in [5.41, 5.74) is 0. The normalized spacial score (nSPS) is 15.7. The number of rotatable bonds is 14. The zero-order chi connectivity index (χ0) is 17.9. The molecule has 0 aromatic carbocycles. The van der Waals surface area contributed by atoms with Crippen molar-refractivity contribution in [2.24, 2.45) is 0 Å². The van der Waals surface area contributed by atoms with E-state index in [4.69, 9.17) is 14.2 Å². The molecule has 15 heteroatoms. The monoisotopic (exact) mass is 582 g/mol. The summed E-state index contributed by atoms with van der Waals surface area (Å²) in [5, 5.41) is 0. The summed E-state index contributed by atoms with van der Waals surface area (Å²) in [5.74, 6) is 0. The van der Waals surface area contributed by atoms with Crippen LogP contribution < -0.4 is 0 Å². The third-order valence-electron chi connectivity index (χ3n) is 2.09. The molecule has 23 heavy (non-hydrogen) atoms. The Kier molecular flexibility index (Phi) is 15.4. The summed E-state index contributed by atoms with van der Waals surface area (Å²) >= 11 is 4.34. The van der Waals surface area contributed by atoms with E-state index in [1.807, 2.05) is 0 Å². The topological polar surface area (TPSA) is 27.7 Å². The summed E-state index contributed by atoms with van der Waals surface area (Å²) in [7, 11) is 1.26. The maximum absolute atomic E-state index is 12.9. The minimum Gasteiger partial charge on any atom is -0.324 e. The van der Waals surface area contributed by atoms with Crippen LogP contribution in [0.25, 0.3) is 0 Å². The Balaban J connectivity index is 4.92. The van der Waals surface area contributed by atoms with E-state index in [1.165, 1.54) is 0 Å². The van der Waals surface area contributed by atoms with Crippen molar-refractivity contribution < 1.29 is 29.8 Å². The van der Waals surface area contributed by atoms with Crippen molar-refractivity contribution in [3.05, 3.63) is 0 Å². The van der Waals surface area contributed by atoms with Crippen molar-refractivity contribution in [2.45, 2.75) is 46.5 Å². The number of hydrogen-bond acceptors (Lipinski definition) is 9. The van der Waals surface area contributed by atoms with Crippen LogP contribution in [0.5, 0.6) is 0 Å². The van der Waals surface area contributed by atoms with E-state index >= 15 is 0 Å². The fraction of sp³-hybridized carbons (Fsp3) is 1.00. The third-order valence-corrected chi connectivity index (χ3v) is 11.6. The first-order valence-electron chi connectivity index (χ1n) is 5.73. The molecular formula is C8H12Br2F4O3S6. The van der Waals surface area contributed by atoms with Gasteiger partial charge in [-0.3, -0.25) is 0 Å². The number of ether oxygens (including phenoxy) is 3. The van der Waals surface area contributed by atoms with Gasteiger partial charge in [-0.25, -0.2) is 0 Å². The molecule has 0 amide bonds. The second kappa shape index (κ2) is 13.8. The average molecular weight is 584 g/mol. The molecule has 2 atom stereocenters. The molecule has 0 aromatic heterocycles. The van der Waals surface area contributed by atoms with Gasteiger partial charge in [-0.05, 0) is 62.9 Å². The predicted molar refractivity (Wildman–Crippen MR) is 105 cm³/mol. The minimum absolute atomic E-state index is 0.232. The quantitative estimate of drug-likeness (QED) is 0.148. The van der Waals surface area contributed by atoms with Gasteiger partial charge in [0.2, 0.25) is 0 Å². The van der Waals surface area contributed by atoms with Gasteiger partial charge in [0.15, 0.2) is 12.6 Å². The van der Waals surface area contributed by atoms with Gasteiger partial charge in [0, 0.05) is 0 Å². The van der Waals surface area contributed by atoms with Crippen LogP contribution >= 0.6 is 98.6 Å². The third kappa shape index (κ3) is 8.47. The highest BCUT2D eigenvalue weighted by atomic mass is 79.9. The van der Waals surface area contributed by atoms with Crippen LogP contribution in [0.1, 0.15) is 26.7 Å². The fourth-order valence-corrected chi connectivity index (χ4v) is 4.78. The standard InChI is InChI=1S/C8H12Br2F4O3S6/c1-3-5(16-7(18-9,20-11)21-12)15-6(4-2)17-8(19-10,22-13)23-14/h5-6H,3-4H2,1-2H3. The zero-order valence-electron chi connectivity index (χ0n) is 11.5. The van der Waals surface area contributed by atoms with Crippen LogP contribution in [-0.2, 0) is 14.2 Å². The van der Waals surface area contributed by atoms with E-state index in [9.17, 15) is 15.5 Å². The summed E-state index contributed by atoms with van der Waals surface area (Å²) in [6, 6.07) is 0. The van der Waals surface area contributed by atoms with Crippen molar-refractivity contribution in [2.75, 3.05) is 0 Å². The van der Waals surface area contributed by atoms with E-state index in [0.717, 1.165) is 0 Å². The molecule has 2 unspecified atom stereocenters. The summed E-state index contributed by atoms with van der Waals surface area (Å²) in [4.78, 5) is 0. The van der Waals surface area contributed by atoms with Crippen molar-refractivity contribution in [1.82, 2.24) is 0 Å². The fourth-order valence-electron chi connectivity index (χ4n) is 1.09. The maximum atomic E-state index is 12.9. The smallest absolute Gasteiger partial charge is 0.281 e. The molecule has 0 heterocycles. The van der Waals surface area contributed by atoms with Crippen LogP contribution in [0.4, 0.5) is 15.5 Å². The molecular weight excluding hydrogens is 572 g/mol. The Morgan fingerprint density at radius 1 is 0.783 bits per heavy atom. The molecule has 0 radical (unpaired) electrons. The predicted octanol–water partition coefficient (Wildman–Crippen LogP) is 8.29. The zero-order valence-corrected chi connectivity index (χ0v) is 19.6. The van der Waals surface area contributed by atoms with Crippen molar-refractivity contribution in [1.29, 1.82) is 0 Å². The molecule has 0 spiro atoms. The molecule has 0 saturated heterocycles.